The molecule has 0 bridgehead atoms. The first-order valence-corrected chi connectivity index (χ1v) is 9.83. The summed E-state index contributed by atoms with van der Waals surface area (Å²) in [6.07, 6.45) is 0. The second-order valence-corrected chi connectivity index (χ2v) is 8.97. The first-order chi connectivity index (χ1) is 12.0. The lowest BCUT2D eigenvalue weighted by Gasteiger charge is -2.20. The fourth-order valence-corrected chi connectivity index (χ4v) is 3.89. The van der Waals surface area contributed by atoms with Gasteiger partial charge >= 0.3 is 0 Å². The number of carbonyl (C=O) groups excluding carboxylic acids is 1. The largest absolute Gasteiger partial charge is 0.337 e. The summed E-state index contributed by atoms with van der Waals surface area (Å²) >= 11 is 0. The molecule has 26 heavy (non-hydrogen) atoms. The zero-order valence-corrected chi connectivity index (χ0v) is 17.0. The van der Waals surface area contributed by atoms with Crippen molar-refractivity contribution in [2.45, 2.75) is 32.2 Å². The van der Waals surface area contributed by atoms with Crippen molar-refractivity contribution >= 4 is 15.9 Å². The van der Waals surface area contributed by atoms with Gasteiger partial charge in [-0.05, 0) is 49.6 Å². The van der Waals surface area contributed by atoms with Gasteiger partial charge in [0.05, 0.1) is 4.90 Å². The molecule has 0 aliphatic carbocycles. The van der Waals surface area contributed by atoms with Crippen LogP contribution in [0.25, 0.3) is 0 Å². The van der Waals surface area contributed by atoms with Gasteiger partial charge in [-0.25, -0.2) is 12.7 Å². The molecule has 2 aromatic carbocycles. The number of carbonyl (C=O) groups is 1. The molecule has 0 fully saturated rings. The van der Waals surface area contributed by atoms with E-state index in [2.05, 4.69) is 0 Å². The lowest BCUT2D eigenvalue weighted by molar-refractivity contribution is 0.0784. The normalized spacial score (nSPS) is 11.7. The lowest BCUT2D eigenvalue weighted by atomic mass is 10.0. The molecule has 2 rings (SSSR count). The van der Waals surface area contributed by atoms with Crippen LogP contribution in [-0.4, -0.2) is 44.7 Å². The third-order valence-electron chi connectivity index (χ3n) is 4.51. The first kappa shape index (κ1) is 20.1. The monoisotopic (exact) mass is 374 g/mol. The summed E-state index contributed by atoms with van der Waals surface area (Å²) in [5.41, 5.74) is 4.01. The number of nitrogens with zero attached hydrogens (tertiary/aromatic N) is 2. The molecule has 0 saturated heterocycles. The molecule has 0 radical (unpaired) electrons. The van der Waals surface area contributed by atoms with Crippen molar-refractivity contribution in [2.75, 3.05) is 21.1 Å². The highest BCUT2D eigenvalue weighted by Crippen LogP contribution is 2.24. The number of sulfonamides is 1. The van der Waals surface area contributed by atoms with E-state index in [1.165, 1.54) is 24.5 Å². The molecule has 0 saturated carbocycles. The lowest BCUT2D eigenvalue weighted by Crippen LogP contribution is -2.28. The Balaban J connectivity index is 2.37. The Morgan fingerprint density at radius 2 is 1.54 bits per heavy atom. The van der Waals surface area contributed by atoms with Crippen molar-refractivity contribution in [3.63, 3.8) is 0 Å². The molecular formula is C20H26N2O3S. The summed E-state index contributed by atoms with van der Waals surface area (Å²) in [5.74, 6) is -0.205. The predicted octanol–water partition coefficient (Wildman–Crippen LogP) is 3.13. The van der Waals surface area contributed by atoms with E-state index in [-0.39, 0.29) is 10.8 Å². The molecular weight excluding hydrogens is 348 g/mol. The van der Waals surface area contributed by atoms with Gasteiger partial charge in [-0.3, -0.25) is 4.79 Å². The summed E-state index contributed by atoms with van der Waals surface area (Å²) in [4.78, 5) is 14.6. The first-order valence-electron chi connectivity index (χ1n) is 8.39. The van der Waals surface area contributed by atoms with Gasteiger partial charge < -0.3 is 4.90 Å². The van der Waals surface area contributed by atoms with Gasteiger partial charge in [0.1, 0.15) is 0 Å². The Hall–Kier alpha value is -2.18. The number of rotatable bonds is 5. The van der Waals surface area contributed by atoms with E-state index < -0.39 is 10.0 Å². The Morgan fingerprint density at radius 3 is 2.08 bits per heavy atom. The summed E-state index contributed by atoms with van der Waals surface area (Å²) in [7, 11) is 1.08. The second kappa shape index (κ2) is 7.60. The smallest absolute Gasteiger partial charge is 0.253 e. The van der Waals surface area contributed by atoms with E-state index in [9.17, 15) is 13.2 Å². The van der Waals surface area contributed by atoms with Crippen LogP contribution in [0.4, 0.5) is 0 Å². The second-order valence-electron chi connectivity index (χ2n) is 6.85. The number of hydrogen-bond donors (Lipinski definition) is 0. The van der Waals surface area contributed by atoms with Crippen molar-refractivity contribution in [1.29, 1.82) is 0 Å². The fraction of sp³-hybridized carbons (Fsp3) is 0.350. The van der Waals surface area contributed by atoms with Crippen molar-refractivity contribution in [3.05, 3.63) is 64.2 Å². The molecule has 1 amide bonds. The molecule has 5 nitrogen and oxygen atoms in total. The summed E-state index contributed by atoms with van der Waals surface area (Å²) < 4.78 is 26.3. The van der Waals surface area contributed by atoms with Crippen LogP contribution in [0, 0.1) is 20.8 Å². The molecule has 2 aromatic rings. The van der Waals surface area contributed by atoms with Gasteiger partial charge in [0, 0.05) is 33.3 Å². The standard InChI is InChI=1S/C20H26N2O3S/c1-14-7-9-17(10-8-14)13-22(6)20(23)18-11-15(2)16(3)19(12-18)26(24,25)21(4)5/h7-12H,13H2,1-6H3. The van der Waals surface area contributed by atoms with Crippen LogP contribution in [0.1, 0.15) is 32.6 Å². The molecule has 0 unspecified atom stereocenters. The van der Waals surface area contributed by atoms with E-state index in [1.54, 1.807) is 24.9 Å². The zero-order valence-electron chi connectivity index (χ0n) is 16.2. The molecule has 0 atom stereocenters. The predicted molar refractivity (Wildman–Crippen MR) is 104 cm³/mol. The average molecular weight is 375 g/mol. The summed E-state index contributed by atoms with van der Waals surface area (Å²) in [6, 6.07) is 11.2. The summed E-state index contributed by atoms with van der Waals surface area (Å²) in [6.45, 7) is 6.05. The molecule has 0 N–H and O–H groups in total. The molecule has 0 heterocycles. The van der Waals surface area contributed by atoms with Crippen molar-refractivity contribution in [3.8, 4) is 0 Å². The van der Waals surface area contributed by atoms with Crippen LogP contribution in [-0.2, 0) is 16.6 Å². The van der Waals surface area contributed by atoms with E-state index in [4.69, 9.17) is 0 Å². The SMILES string of the molecule is Cc1ccc(CN(C)C(=O)c2cc(C)c(C)c(S(=O)(=O)N(C)C)c2)cc1. The van der Waals surface area contributed by atoms with E-state index >= 15 is 0 Å². The Bertz CT molecular complexity index is 917. The van der Waals surface area contributed by atoms with Crippen LogP contribution in [0.15, 0.2) is 41.3 Å². The maximum Gasteiger partial charge on any atom is 0.253 e. The van der Waals surface area contributed by atoms with Crippen molar-refractivity contribution in [2.24, 2.45) is 0 Å². The number of hydrogen-bond acceptors (Lipinski definition) is 3. The average Bonchev–Trinajstić information content (AvgIpc) is 2.58. The minimum atomic E-state index is -3.61. The third kappa shape index (κ3) is 4.14. The molecule has 0 aliphatic heterocycles. The highest BCUT2D eigenvalue weighted by Gasteiger charge is 2.24. The van der Waals surface area contributed by atoms with Crippen LogP contribution in [0.5, 0.6) is 0 Å². The van der Waals surface area contributed by atoms with Gasteiger partial charge in [-0.1, -0.05) is 29.8 Å². The van der Waals surface area contributed by atoms with Gasteiger partial charge in [-0.15, -0.1) is 0 Å². The minimum absolute atomic E-state index is 0.176. The number of aryl methyl sites for hydroxylation is 2. The Labute approximate surface area is 156 Å². The zero-order chi connectivity index (χ0) is 19.6. The third-order valence-corrected chi connectivity index (χ3v) is 6.45. The van der Waals surface area contributed by atoms with Crippen LogP contribution in [0.3, 0.4) is 0 Å². The van der Waals surface area contributed by atoms with E-state index in [1.807, 2.05) is 38.1 Å². The highest BCUT2D eigenvalue weighted by molar-refractivity contribution is 7.89. The van der Waals surface area contributed by atoms with Crippen LogP contribution in [0.2, 0.25) is 0 Å². The Kier molecular flexibility index (Phi) is 5.88. The van der Waals surface area contributed by atoms with E-state index in [0.29, 0.717) is 17.7 Å². The maximum atomic E-state index is 12.8. The molecule has 0 aliphatic rings. The number of amides is 1. The summed E-state index contributed by atoms with van der Waals surface area (Å²) in [5, 5.41) is 0. The van der Waals surface area contributed by atoms with Gasteiger partial charge in [0.2, 0.25) is 10.0 Å². The van der Waals surface area contributed by atoms with Crippen molar-refractivity contribution < 1.29 is 13.2 Å². The molecule has 0 aromatic heterocycles. The van der Waals surface area contributed by atoms with Gasteiger partial charge in [0.25, 0.3) is 5.91 Å². The van der Waals surface area contributed by atoms with Gasteiger partial charge in [0.15, 0.2) is 0 Å². The fourth-order valence-electron chi connectivity index (χ4n) is 2.67. The van der Waals surface area contributed by atoms with Crippen LogP contribution < -0.4 is 0 Å². The number of benzene rings is 2. The van der Waals surface area contributed by atoms with Crippen LogP contribution >= 0.6 is 0 Å². The minimum Gasteiger partial charge on any atom is -0.337 e. The quantitative estimate of drug-likeness (QED) is 0.808. The van der Waals surface area contributed by atoms with Crippen molar-refractivity contribution in [1.82, 2.24) is 9.21 Å². The molecule has 6 heteroatoms. The maximum absolute atomic E-state index is 12.8. The van der Waals surface area contributed by atoms with Gasteiger partial charge in [-0.2, -0.15) is 0 Å². The Morgan fingerprint density at radius 1 is 0.962 bits per heavy atom. The topological polar surface area (TPSA) is 57.7 Å². The molecule has 0 spiro atoms. The molecule has 140 valence electrons. The van der Waals surface area contributed by atoms with E-state index in [0.717, 1.165) is 16.7 Å². The highest BCUT2D eigenvalue weighted by atomic mass is 32.2.